The monoisotopic (exact) mass is 384 g/mol. The second-order valence-corrected chi connectivity index (χ2v) is 8.73. The topological polar surface area (TPSA) is 81.5 Å². The maximum Gasteiger partial charge on any atom is 0.147 e. The van der Waals surface area contributed by atoms with E-state index in [1.165, 1.54) is 26.3 Å². The van der Waals surface area contributed by atoms with E-state index in [0.29, 0.717) is 4.90 Å². The molecule has 3 N–H and O–H groups in total. The average molecular weight is 385 g/mol. The van der Waals surface area contributed by atoms with Crippen LogP contribution in [0.5, 0.6) is 0 Å². The maximum absolute atomic E-state index is 9.96. The number of nitrogens with zero attached hydrogens (tertiary/aromatic N) is 3. The van der Waals surface area contributed by atoms with Gasteiger partial charge in [-0.25, -0.2) is 9.71 Å². The Labute approximate surface area is 160 Å². The minimum absolute atomic E-state index is 0.474. The molecule has 0 saturated carbocycles. The molecule has 0 radical (unpaired) electrons. The second kappa shape index (κ2) is 7.44. The normalized spacial score (nSPS) is 15.9. The largest absolute Gasteiger partial charge is 0.355 e. The van der Waals surface area contributed by atoms with Gasteiger partial charge in [0.05, 0.1) is 22.1 Å². The van der Waals surface area contributed by atoms with E-state index in [2.05, 4.69) is 14.6 Å². The molecule has 1 aliphatic rings. The molecule has 0 unspecified atom stereocenters. The van der Waals surface area contributed by atoms with Crippen molar-refractivity contribution in [3.8, 4) is 11.1 Å². The van der Waals surface area contributed by atoms with E-state index < -0.39 is 10.8 Å². The molecule has 0 atom stereocenters. The van der Waals surface area contributed by atoms with Crippen molar-refractivity contribution in [2.45, 2.75) is 24.2 Å². The molecular weight excluding hydrogens is 360 g/mol. The van der Waals surface area contributed by atoms with Crippen LogP contribution < -0.4 is 9.62 Å². The zero-order chi connectivity index (χ0) is 18.9. The van der Waals surface area contributed by atoms with Gasteiger partial charge in [0.15, 0.2) is 0 Å². The average Bonchev–Trinajstić information content (AvgIpc) is 2.73. The molecule has 2 heterocycles. The van der Waals surface area contributed by atoms with Crippen LogP contribution in [0.25, 0.3) is 22.2 Å². The maximum atomic E-state index is 9.96. The molecule has 3 aromatic rings. The minimum atomic E-state index is -2.93. The number of piperidine rings is 1. The van der Waals surface area contributed by atoms with Crippen molar-refractivity contribution in [2.24, 2.45) is 0 Å². The SMILES string of the molecule is CNS(O)(O)c1ccc(-c2ccc3ncc(N4CCCCC4)nc3c2)cc1. The first-order valence-corrected chi connectivity index (χ1v) is 10.7. The number of aromatic nitrogens is 2. The predicted octanol–water partition coefficient (Wildman–Crippen LogP) is 4.53. The number of hydrogen-bond acceptors (Lipinski definition) is 6. The Bertz CT molecular complexity index is 940. The second-order valence-electron chi connectivity index (χ2n) is 6.76. The lowest BCUT2D eigenvalue weighted by Gasteiger charge is -2.31. The summed E-state index contributed by atoms with van der Waals surface area (Å²) in [6.45, 7) is 2.08. The van der Waals surface area contributed by atoms with Gasteiger partial charge < -0.3 is 4.90 Å². The molecule has 1 saturated heterocycles. The van der Waals surface area contributed by atoms with Crippen LogP contribution in [0, 0.1) is 0 Å². The van der Waals surface area contributed by atoms with Crippen LogP contribution in [-0.4, -0.2) is 39.2 Å². The molecule has 4 rings (SSSR count). The van der Waals surface area contributed by atoms with E-state index in [1.807, 2.05) is 36.5 Å². The third-order valence-electron chi connectivity index (χ3n) is 5.01. The van der Waals surface area contributed by atoms with Crippen molar-refractivity contribution < 1.29 is 9.11 Å². The minimum Gasteiger partial charge on any atom is -0.355 e. The van der Waals surface area contributed by atoms with Crippen molar-refractivity contribution in [1.82, 2.24) is 14.7 Å². The number of benzene rings is 2. The van der Waals surface area contributed by atoms with Gasteiger partial charge in [-0.05, 0) is 54.7 Å². The van der Waals surface area contributed by atoms with E-state index in [9.17, 15) is 9.11 Å². The van der Waals surface area contributed by atoms with E-state index in [1.54, 1.807) is 12.1 Å². The number of nitrogens with one attached hydrogen (secondary N) is 1. The highest BCUT2D eigenvalue weighted by molar-refractivity contribution is 8.22. The molecule has 2 aromatic carbocycles. The summed E-state index contributed by atoms with van der Waals surface area (Å²) in [6.07, 6.45) is 5.57. The molecule has 27 heavy (non-hydrogen) atoms. The molecule has 0 aliphatic carbocycles. The fourth-order valence-electron chi connectivity index (χ4n) is 3.41. The first kappa shape index (κ1) is 18.2. The van der Waals surface area contributed by atoms with E-state index in [-0.39, 0.29) is 0 Å². The van der Waals surface area contributed by atoms with Crippen LogP contribution in [-0.2, 0) is 0 Å². The van der Waals surface area contributed by atoms with Crippen LogP contribution >= 0.6 is 10.8 Å². The Morgan fingerprint density at radius 3 is 2.33 bits per heavy atom. The third kappa shape index (κ3) is 3.77. The lowest BCUT2D eigenvalue weighted by atomic mass is 10.1. The van der Waals surface area contributed by atoms with E-state index in [4.69, 9.17) is 4.98 Å². The zero-order valence-electron chi connectivity index (χ0n) is 15.3. The molecule has 7 heteroatoms. The van der Waals surface area contributed by atoms with Gasteiger partial charge in [0.25, 0.3) is 0 Å². The van der Waals surface area contributed by atoms with Crippen LogP contribution in [0.1, 0.15) is 19.3 Å². The standard InChI is InChI=1S/C20H24N4O2S/c1-21-27(25,26)17-8-5-15(6-9-17)16-7-10-18-19(13-16)23-20(14-22-18)24-11-3-2-4-12-24/h5-10,13-14,21,25-26H,2-4,11-12H2,1H3. The van der Waals surface area contributed by atoms with Crippen LogP contribution in [0.2, 0.25) is 0 Å². The Morgan fingerprint density at radius 2 is 1.63 bits per heavy atom. The first-order valence-electron chi connectivity index (χ1n) is 9.16. The van der Waals surface area contributed by atoms with Gasteiger partial charge in [0.1, 0.15) is 5.82 Å². The van der Waals surface area contributed by atoms with Gasteiger partial charge in [-0.3, -0.25) is 14.1 Å². The fourth-order valence-corrected chi connectivity index (χ4v) is 4.16. The van der Waals surface area contributed by atoms with Crippen molar-refractivity contribution >= 4 is 27.6 Å². The highest BCUT2D eigenvalue weighted by Crippen LogP contribution is 2.43. The van der Waals surface area contributed by atoms with Gasteiger partial charge in [0.2, 0.25) is 0 Å². The van der Waals surface area contributed by atoms with E-state index >= 15 is 0 Å². The zero-order valence-corrected chi connectivity index (χ0v) is 16.1. The van der Waals surface area contributed by atoms with Crippen molar-refractivity contribution in [3.05, 3.63) is 48.7 Å². The summed E-state index contributed by atoms with van der Waals surface area (Å²) in [5, 5.41) is 0. The van der Waals surface area contributed by atoms with Crippen molar-refractivity contribution in [2.75, 3.05) is 25.0 Å². The Hall–Kier alpha value is -2.19. The molecule has 1 fully saturated rings. The molecule has 0 amide bonds. The summed E-state index contributed by atoms with van der Waals surface area (Å²) in [7, 11) is -1.39. The number of anilines is 1. The van der Waals surface area contributed by atoms with Gasteiger partial charge in [-0.1, -0.05) is 18.2 Å². The molecule has 0 bridgehead atoms. The molecule has 142 valence electrons. The van der Waals surface area contributed by atoms with Gasteiger partial charge >= 0.3 is 0 Å². The molecule has 6 nitrogen and oxygen atoms in total. The summed E-state index contributed by atoms with van der Waals surface area (Å²) in [5.41, 5.74) is 3.77. The summed E-state index contributed by atoms with van der Waals surface area (Å²) in [6, 6.07) is 13.3. The Kier molecular flexibility index (Phi) is 5.01. The number of hydrogen-bond donors (Lipinski definition) is 3. The van der Waals surface area contributed by atoms with Crippen LogP contribution in [0.3, 0.4) is 0 Å². The summed E-state index contributed by atoms with van der Waals surface area (Å²) >= 11 is 0. The smallest absolute Gasteiger partial charge is 0.147 e. The van der Waals surface area contributed by atoms with Gasteiger partial charge in [-0.15, -0.1) is 10.8 Å². The first-order chi connectivity index (χ1) is 13.1. The summed E-state index contributed by atoms with van der Waals surface area (Å²) in [5.74, 6) is 0.942. The van der Waals surface area contributed by atoms with E-state index in [0.717, 1.165) is 41.1 Å². The molecule has 1 aliphatic heterocycles. The highest BCUT2D eigenvalue weighted by Gasteiger charge is 2.14. The highest BCUT2D eigenvalue weighted by atomic mass is 32.3. The Balaban J connectivity index is 1.66. The quantitative estimate of drug-likeness (QED) is 0.613. The predicted molar refractivity (Wildman–Crippen MR) is 111 cm³/mol. The molecular formula is C20H24N4O2S. The summed E-state index contributed by atoms with van der Waals surface area (Å²) < 4.78 is 22.5. The van der Waals surface area contributed by atoms with Crippen LogP contribution in [0.15, 0.2) is 53.6 Å². The number of rotatable bonds is 4. The lowest BCUT2D eigenvalue weighted by molar-refractivity contribution is 0.476. The summed E-state index contributed by atoms with van der Waals surface area (Å²) in [4.78, 5) is 12.2. The third-order valence-corrected chi connectivity index (χ3v) is 6.51. The lowest BCUT2D eigenvalue weighted by Crippen LogP contribution is -2.30. The van der Waals surface area contributed by atoms with Gasteiger partial charge in [0, 0.05) is 20.1 Å². The fraction of sp³-hybridized carbons (Fsp3) is 0.300. The van der Waals surface area contributed by atoms with Crippen molar-refractivity contribution in [1.29, 1.82) is 0 Å². The number of fused-ring (bicyclic) bond motifs is 1. The van der Waals surface area contributed by atoms with Crippen molar-refractivity contribution in [3.63, 3.8) is 0 Å². The van der Waals surface area contributed by atoms with Crippen LogP contribution in [0.4, 0.5) is 5.82 Å². The van der Waals surface area contributed by atoms with Gasteiger partial charge in [-0.2, -0.15) is 0 Å². The Morgan fingerprint density at radius 1 is 0.926 bits per heavy atom. The molecule has 1 aromatic heterocycles. The molecule has 0 spiro atoms.